The van der Waals surface area contributed by atoms with E-state index in [4.69, 9.17) is 5.10 Å². The molecular weight excluding hydrogens is 472 g/mol. The van der Waals surface area contributed by atoms with Gasteiger partial charge in [0.1, 0.15) is 0 Å². The van der Waals surface area contributed by atoms with Gasteiger partial charge in [0, 0.05) is 35.8 Å². The summed E-state index contributed by atoms with van der Waals surface area (Å²) >= 11 is 4.66. The fourth-order valence-electron chi connectivity index (χ4n) is 3.63. The number of thiophene rings is 2. The molecule has 1 amide bonds. The summed E-state index contributed by atoms with van der Waals surface area (Å²) in [7, 11) is 0. The minimum Gasteiger partial charge on any atom is -0.298 e. The fourth-order valence-corrected chi connectivity index (χ4v) is 5.96. The van der Waals surface area contributed by atoms with Gasteiger partial charge < -0.3 is 0 Å². The number of aromatic nitrogens is 4. The highest BCUT2D eigenvalue weighted by atomic mass is 32.2. The number of carbonyl (C=O) groups excluding carboxylic acids is 1. The highest BCUT2D eigenvalue weighted by molar-refractivity contribution is 7.99. The monoisotopic (exact) mass is 492 g/mol. The number of hydrogen-bond donors (Lipinski definition) is 0. The second kappa shape index (κ2) is 9.82. The van der Waals surface area contributed by atoms with Crippen molar-refractivity contribution < 1.29 is 4.79 Å². The van der Waals surface area contributed by atoms with Gasteiger partial charge in [-0.15, -0.1) is 39.4 Å². The number of rotatable bonds is 8. The lowest BCUT2D eigenvalue weighted by Crippen LogP contribution is -2.28. The van der Waals surface area contributed by atoms with E-state index in [0.717, 1.165) is 33.3 Å². The van der Waals surface area contributed by atoms with Gasteiger partial charge in [-0.05, 0) is 35.0 Å². The molecule has 0 saturated heterocycles. The van der Waals surface area contributed by atoms with Gasteiger partial charge in [-0.2, -0.15) is 5.10 Å². The SMILES string of the molecule is C=CCn1c(SCC(=O)N2N=C(c3cccs3)C[C@H]2c2cccs2)nnc1-c1ccncc1. The van der Waals surface area contributed by atoms with Gasteiger partial charge in [-0.1, -0.05) is 30.0 Å². The van der Waals surface area contributed by atoms with Crippen LogP contribution in [-0.4, -0.2) is 42.1 Å². The largest absolute Gasteiger partial charge is 0.298 e. The minimum absolute atomic E-state index is 0.0522. The summed E-state index contributed by atoms with van der Waals surface area (Å²) in [4.78, 5) is 19.6. The number of nitrogens with zero attached hydrogens (tertiary/aromatic N) is 6. The normalized spacial score (nSPS) is 15.6. The molecule has 1 aliphatic heterocycles. The predicted octanol–water partition coefficient (Wildman–Crippen LogP) is 5.12. The number of pyridine rings is 1. The molecule has 5 rings (SSSR count). The van der Waals surface area contributed by atoms with E-state index in [1.54, 1.807) is 46.2 Å². The second-order valence-electron chi connectivity index (χ2n) is 7.23. The van der Waals surface area contributed by atoms with Gasteiger partial charge in [0.05, 0.1) is 22.4 Å². The average Bonchev–Trinajstić information content (AvgIpc) is 3.64. The number of hydrazone groups is 1. The third kappa shape index (κ3) is 4.54. The maximum Gasteiger partial charge on any atom is 0.253 e. The maximum atomic E-state index is 13.3. The highest BCUT2D eigenvalue weighted by Crippen LogP contribution is 2.36. The molecular formula is C23H20N6OS3. The molecule has 0 unspecified atom stereocenters. The molecule has 0 saturated carbocycles. The summed E-state index contributed by atoms with van der Waals surface area (Å²) < 4.78 is 1.96. The topological polar surface area (TPSA) is 76.3 Å². The Morgan fingerprint density at radius 3 is 2.70 bits per heavy atom. The van der Waals surface area contributed by atoms with E-state index in [-0.39, 0.29) is 17.7 Å². The first-order valence-corrected chi connectivity index (χ1v) is 13.0. The van der Waals surface area contributed by atoms with E-state index in [2.05, 4.69) is 33.9 Å². The van der Waals surface area contributed by atoms with E-state index < -0.39 is 0 Å². The lowest BCUT2D eigenvalue weighted by molar-refractivity contribution is -0.130. The van der Waals surface area contributed by atoms with Crippen molar-refractivity contribution in [3.63, 3.8) is 0 Å². The van der Waals surface area contributed by atoms with Gasteiger partial charge in [0.15, 0.2) is 11.0 Å². The van der Waals surface area contributed by atoms with E-state index in [1.807, 2.05) is 39.6 Å². The average molecular weight is 493 g/mol. The Balaban J connectivity index is 1.36. The zero-order chi connectivity index (χ0) is 22.6. The number of thioether (sulfide) groups is 1. The van der Waals surface area contributed by atoms with Crippen LogP contribution < -0.4 is 0 Å². The van der Waals surface area contributed by atoms with Crippen molar-refractivity contribution in [2.45, 2.75) is 24.2 Å². The Bertz CT molecular complexity index is 1270. The van der Waals surface area contributed by atoms with Crippen LogP contribution in [0.15, 0.2) is 82.5 Å². The third-order valence-electron chi connectivity index (χ3n) is 5.13. The van der Waals surface area contributed by atoms with Crippen LogP contribution in [0.4, 0.5) is 0 Å². The summed E-state index contributed by atoms with van der Waals surface area (Å²) in [5, 5.41) is 19.8. The van der Waals surface area contributed by atoms with Gasteiger partial charge in [0.25, 0.3) is 5.91 Å². The Hall–Kier alpha value is -3.08. The first-order chi connectivity index (χ1) is 16.2. The van der Waals surface area contributed by atoms with Crippen molar-refractivity contribution >= 4 is 46.1 Å². The number of amides is 1. The number of allylic oxidation sites excluding steroid dienone is 1. The molecule has 4 aromatic heterocycles. The number of hydrogen-bond acceptors (Lipinski definition) is 8. The summed E-state index contributed by atoms with van der Waals surface area (Å²) in [6, 6.07) is 11.8. The molecule has 0 N–H and O–H groups in total. The summed E-state index contributed by atoms with van der Waals surface area (Å²) in [6.45, 7) is 4.40. The Kier molecular flexibility index (Phi) is 6.47. The highest BCUT2D eigenvalue weighted by Gasteiger charge is 2.34. The molecule has 166 valence electrons. The van der Waals surface area contributed by atoms with Crippen molar-refractivity contribution in [2.75, 3.05) is 5.75 Å². The minimum atomic E-state index is -0.0753. The lowest BCUT2D eigenvalue weighted by Gasteiger charge is -2.20. The van der Waals surface area contributed by atoms with E-state index in [9.17, 15) is 4.79 Å². The van der Waals surface area contributed by atoms with Crippen LogP contribution in [0.25, 0.3) is 11.4 Å². The molecule has 7 nitrogen and oxygen atoms in total. The van der Waals surface area contributed by atoms with Crippen molar-refractivity contribution in [3.05, 3.63) is 82.0 Å². The van der Waals surface area contributed by atoms with Crippen LogP contribution in [0.3, 0.4) is 0 Å². The standard InChI is InChI=1S/C23H20N6OS3/c1-2-11-28-22(16-7-9-24-10-8-16)25-26-23(28)33-15-21(30)29-18(20-6-4-13-32-20)14-17(27-29)19-5-3-12-31-19/h2-10,12-13,18H,1,11,14-15H2/t18-/m0/s1. The van der Waals surface area contributed by atoms with E-state index in [0.29, 0.717) is 11.7 Å². The van der Waals surface area contributed by atoms with Crippen molar-refractivity contribution in [3.8, 4) is 11.4 Å². The summed E-state index contributed by atoms with van der Waals surface area (Å²) in [5.41, 5.74) is 1.87. The molecule has 0 bridgehead atoms. The zero-order valence-corrected chi connectivity index (χ0v) is 20.0. The van der Waals surface area contributed by atoms with Gasteiger partial charge in [-0.25, -0.2) is 5.01 Å². The van der Waals surface area contributed by atoms with Crippen molar-refractivity contribution in [1.82, 2.24) is 24.8 Å². The molecule has 10 heteroatoms. The van der Waals surface area contributed by atoms with Crippen LogP contribution >= 0.6 is 34.4 Å². The Morgan fingerprint density at radius 1 is 1.15 bits per heavy atom. The molecule has 4 aromatic rings. The molecule has 1 atom stereocenters. The second-order valence-corrected chi connectivity index (χ2v) is 10.1. The molecule has 0 aromatic carbocycles. The Labute approximate surface area is 203 Å². The maximum absolute atomic E-state index is 13.3. The fraction of sp³-hybridized carbons (Fsp3) is 0.174. The summed E-state index contributed by atoms with van der Waals surface area (Å²) in [6.07, 6.45) is 5.96. The molecule has 33 heavy (non-hydrogen) atoms. The molecule has 0 aliphatic carbocycles. The van der Waals surface area contributed by atoms with Crippen LogP contribution in [0.2, 0.25) is 0 Å². The molecule has 0 fully saturated rings. The smallest absolute Gasteiger partial charge is 0.253 e. The third-order valence-corrected chi connectivity index (χ3v) is 7.98. The molecule has 1 aliphatic rings. The molecule has 5 heterocycles. The van der Waals surface area contributed by atoms with Gasteiger partial charge in [-0.3, -0.25) is 14.3 Å². The van der Waals surface area contributed by atoms with Crippen LogP contribution in [-0.2, 0) is 11.3 Å². The quantitative estimate of drug-likeness (QED) is 0.252. The van der Waals surface area contributed by atoms with Gasteiger partial charge in [0.2, 0.25) is 0 Å². The van der Waals surface area contributed by atoms with Crippen LogP contribution in [0.1, 0.15) is 22.2 Å². The first kappa shape index (κ1) is 21.7. The van der Waals surface area contributed by atoms with Crippen LogP contribution in [0, 0.1) is 0 Å². The lowest BCUT2D eigenvalue weighted by atomic mass is 10.1. The molecule has 0 spiro atoms. The van der Waals surface area contributed by atoms with E-state index in [1.165, 1.54) is 11.8 Å². The van der Waals surface area contributed by atoms with Crippen molar-refractivity contribution in [1.29, 1.82) is 0 Å². The van der Waals surface area contributed by atoms with Crippen molar-refractivity contribution in [2.24, 2.45) is 5.10 Å². The predicted molar refractivity (Wildman–Crippen MR) is 134 cm³/mol. The Morgan fingerprint density at radius 2 is 1.97 bits per heavy atom. The first-order valence-electron chi connectivity index (χ1n) is 10.3. The van der Waals surface area contributed by atoms with Crippen LogP contribution in [0.5, 0.6) is 0 Å². The van der Waals surface area contributed by atoms with E-state index >= 15 is 0 Å². The van der Waals surface area contributed by atoms with Gasteiger partial charge >= 0.3 is 0 Å². The summed E-state index contributed by atoms with van der Waals surface area (Å²) in [5.74, 6) is 0.890. The number of carbonyl (C=O) groups is 1. The zero-order valence-electron chi connectivity index (χ0n) is 17.6. The molecule has 0 radical (unpaired) electrons.